The maximum atomic E-state index is 12.2. The number of anilines is 1. The molecular weight excluding hydrogens is 340 g/mol. The molecule has 1 fully saturated rings. The summed E-state index contributed by atoms with van der Waals surface area (Å²) in [5.74, 6) is -0.348. The van der Waals surface area contributed by atoms with Crippen LogP contribution in [0.15, 0.2) is 48.5 Å². The van der Waals surface area contributed by atoms with Crippen LogP contribution in [-0.4, -0.2) is 23.6 Å². The molecule has 0 aromatic heterocycles. The quantitative estimate of drug-likeness (QED) is 0.701. The van der Waals surface area contributed by atoms with E-state index in [2.05, 4.69) is 17.6 Å². The van der Waals surface area contributed by atoms with Gasteiger partial charge in [0.2, 0.25) is 5.91 Å². The molecule has 0 heterocycles. The van der Waals surface area contributed by atoms with Gasteiger partial charge in [0.15, 0.2) is 5.78 Å². The van der Waals surface area contributed by atoms with Crippen molar-refractivity contribution in [2.45, 2.75) is 45.1 Å². The summed E-state index contributed by atoms with van der Waals surface area (Å²) in [6, 6.07) is 14.6. The largest absolute Gasteiger partial charge is 0.349 e. The van der Waals surface area contributed by atoms with Crippen LogP contribution in [0.3, 0.4) is 0 Å². The molecule has 0 atom stereocenters. The summed E-state index contributed by atoms with van der Waals surface area (Å²) in [5, 5.41) is 5.69. The molecule has 0 spiro atoms. The first-order valence-corrected chi connectivity index (χ1v) is 9.38. The summed E-state index contributed by atoms with van der Waals surface area (Å²) < 4.78 is 0. The summed E-state index contributed by atoms with van der Waals surface area (Å²) in [6.45, 7) is 2.06. The first-order valence-electron chi connectivity index (χ1n) is 9.38. The van der Waals surface area contributed by atoms with Crippen LogP contribution in [-0.2, 0) is 11.2 Å². The Hall–Kier alpha value is -2.95. The number of ketones is 1. The average Bonchev–Trinajstić information content (AvgIpc) is 3.50. The van der Waals surface area contributed by atoms with Crippen molar-refractivity contribution in [3.8, 4) is 0 Å². The van der Waals surface area contributed by atoms with Crippen LogP contribution in [0.4, 0.5) is 5.69 Å². The molecule has 2 N–H and O–H groups in total. The highest BCUT2D eigenvalue weighted by molar-refractivity contribution is 6.00. The second-order valence-electron chi connectivity index (χ2n) is 6.85. The van der Waals surface area contributed by atoms with Crippen molar-refractivity contribution in [2.75, 3.05) is 5.32 Å². The molecule has 2 aromatic rings. The van der Waals surface area contributed by atoms with Crippen LogP contribution in [0.1, 0.15) is 58.9 Å². The highest BCUT2D eigenvalue weighted by Crippen LogP contribution is 2.19. The van der Waals surface area contributed by atoms with E-state index in [9.17, 15) is 14.4 Å². The molecule has 2 aromatic carbocycles. The lowest BCUT2D eigenvalue weighted by molar-refractivity contribution is -0.116. The predicted molar refractivity (Wildman–Crippen MR) is 105 cm³/mol. The van der Waals surface area contributed by atoms with Gasteiger partial charge in [-0.15, -0.1) is 0 Å². The van der Waals surface area contributed by atoms with Crippen LogP contribution in [0.2, 0.25) is 0 Å². The van der Waals surface area contributed by atoms with Gasteiger partial charge in [-0.25, -0.2) is 0 Å². The molecule has 0 unspecified atom stereocenters. The molecule has 5 heteroatoms. The maximum Gasteiger partial charge on any atom is 0.251 e. The fourth-order valence-corrected chi connectivity index (χ4v) is 2.72. The maximum absolute atomic E-state index is 12.2. The first-order chi connectivity index (χ1) is 13.0. The zero-order chi connectivity index (χ0) is 19.2. The van der Waals surface area contributed by atoms with Gasteiger partial charge in [-0.05, 0) is 49.1 Å². The zero-order valence-corrected chi connectivity index (χ0v) is 15.5. The Bertz CT molecular complexity index is 822. The number of nitrogens with one attached hydrogen (secondary N) is 2. The van der Waals surface area contributed by atoms with E-state index in [-0.39, 0.29) is 30.4 Å². The number of carbonyl (C=O) groups excluding carboxylic acids is 3. The van der Waals surface area contributed by atoms with E-state index < -0.39 is 0 Å². The minimum absolute atomic E-state index is 0.0418. The Morgan fingerprint density at radius 2 is 1.52 bits per heavy atom. The molecule has 2 amide bonds. The van der Waals surface area contributed by atoms with Gasteiger partial charge in [-0.1, -0.05) is 31.2 Å². The van der Waals surface area contributed by atoms with Gasteiger partial charge in [-0.3, -0.25) is 14.4 Å². The molecule has 0 radical (unpaired) electrons. The third kappa shape index (κ3) is 5.51. The van der Waals surface area contributed by atoms with Crippen molar-refractivity contribution >= 4 is 23.3 Å². The molecule has 0 aliphatic heterocycles. The van der Waals surface area contributed by atoms with Crippen LogP contribution in [0, 0.1) is 0 Å². The van der Waals surface area contributed by atoms with Gasteiger partial charge in [0.05, 0.1) is 0 Å². The van der Waals surface area contributed by atoms with Crippen LogP contribution < -0.4 is 10.6 Å². The van der Waals surface area contributed by atoms with E-state index in [1.807, 2.05) is 24.3 Å². The van der Waals surface area contributed by atoms with E-state index >= 15 is 0 Å². The molecule has 1 saturated carbocycles. The Morgan fingerprint density at radius 1 is 0.889 bits per heavy atom. The number of aryl methyl sites for hydroxylation is 1. The SMILES string of the molecule is CCc1ccc(C(=O)CCC(=O)Nc2ccc(C(=O)NC3CC3)cc2)cc1. The number of amides is 2. The lowest BCUT2D eigenvalue weighted by Gasteiger charge is -2.07. The summed E-state index contributed by atoms with van der Waals surface area (Å²) in [5.41, 5.74) is 3.00. The molecule has 0 bridgehead atoms. The molecule has 5 nitrogen and oxygen atoms in total. The smallest absolute Gasteiger partial charge is 0.251 e. The van der Waals surface area contributed by atoms with E-state index in [1.165, 1.54) is 5.56 Å². The molecule has 1 aliphatic rings. The summed E-state index contributed by atoms with van der Waals surface area (Å²) in [4.78, 5) is 36.2. The molecule has 1 aliphatic carbocycles. The second kappa shape index (κ2) is 8.62. The Kier molecular flexibility index (Phi) is 6.01. The lowest BCUT2D eigenvalue weighted by atomic mass is 10.0. The minimum Gasteiger partial charge on any atom is -0.349 e. The topological polar surface area (TPSA) is 75.3 Å². The lowest BCUT2D eigenvalue weighted by Crippen LogP contribution is -2.25. The summed E-state index contributed by atoms with van der Waals surface area (Å²) in [7, 11) is 0. The third-order valence-electron chi connectivity index (χ3n) is 4.61. The fourth-order valence-electron chi connectivity index (χ4n) is 2.72. The number of benzene rings is 2. The highest BCUT2D eigenvalue weighted by atomic mass is 16.2. The van der Waals surface area contributed by atoms with Gasteiger partial charge in [0.1, 0.15) is 0 Å². The predicted octanol–water partition coefficient (Wildman–Crippen LogP) is 3.74. The standard InChI is InChI=1S/C22H24N2O3/c1-2-15-3-5-16(6-4-15)20(25)13-14-21(26)23-18-9-7-17(8-10-18)22(27)24-19-11-12-19/h3-10,19H,2,11-14H2,1H3,(H,23,26)(H,24,27). The van der Waals surface area contributed by atoms with Gasteiger partial charge >= 0.3 is 0 Å². The highest BCUT2D eigenvalue weighted by Gasteiger charge is 2.23. The molecule has 3 rings (SSSR count). The Balaban J connectivity index is 1.46. The zero-order valence-electron chi connectivity index (χ0n) is 15.5. The average molecular weight is 364 g/mol. The van der Waals surface area contributed by atoms with E-state index in [0.29, 0.717) is 22.9 Å². The number of hydrogen-bond acceptors (Lipinski definition) is 3. The van der Waals surface area contributed by atoms with Crippen molar-refractivity contribution in [3.63, 3.8) is 0 Å². The Labute approximate surface area is 159 Å². The molecule has 0 saturated heterocycles. The van der Waals surface area contributed by atoms with Gasteiger partial charge in [-0.2, -0.15) is 0 Å². The van der Waals surface area contributed by atoms with E-state index in [0.717, 1.165) is 19.3 Å². The summed E-state index contributed by atoms with van der Waals surface area (Å²) in [6.07, 6.45) is 3.30. The van der Waals surface area contributed by atoms with Gasteiger partial charge < -0.3 is 10.6 Å². The van der Waals surface area contributed by atoms with Crippen LogP contribution >= 0.6 is 0 Å². The molecule has 140 valence electrons. The van der Waals surface area contributed by atoms with Crippen molar-refractivity contribution in [1.29, 1.82) is 0 Å². The van der Waals surface area contributed by atoms with Crippen LogP contribution in [0.25, 0.3) is 0 Å². The molecule has 27 heavy (non-hydrogen) atoms. The van der Waals surface area contributed by atoms with Crippen molar-refractivity contribution in [1.82, 2.24) is 5.32 Å². The Morgan fingerprint density at radius 3 is 2.11 bits per heavy atom. The van der Waals surface area contributed by atoms with Crippen LogP contribution in [0.5, 0.6) is 0 Å². The van der Waals surface area contributed by atoms with Crippen molar-refractivity contribution in [3.05, 3.63) is 65.2 Å². The first kappa shape index (κ1) is 18.8. The number of Topliss-reactive ketones (excluding diaryl/α,β-unsaturated/α-hetero) is 1. The second-order valence-corrected chi connectivity index (χ2v) is 6.85. The normalized spacial score (nSPS) is 13.1. The number of hydrogen-bond donors (Lipinski definition) is 2. The monoisotopic (exact) mass is 364 g/mol. The fraction of sp³-hybridized carbons (Fsp3) is 0.318. The van der Waals surface area contributed by atoms with Crippen molar-refractivity contribution < 1.29 is 14.4 Å². The molecular formula is C22H24N2O3. The van der Waals surface area contributed by atoms with E-state index in [4.69, 9.17) is 0 Å². The van der Waals surface area contributed by atoms with Gasteiger partial charge in [0, 0.05) is 35.7 Å². The van der Waals surface area contributed by atoms with Gasteiger partial charge in [0.25, 0.3) is 5.91 Å². The van der Waals surface area contributed by atoms with Crippen molar-refractivity contribution in [2.24, 2.45) is 0 Å². The summed E-state index contributed by atoms with van der Waals surface area (Å²) >= 11 is 0. The number of carbonyl (C=O) groups is 3. The minimum atomic E-state index is -0.219. The van der Waals surface area contributed by atoms with E-state index in [1.54, 1.807) is 24.3 Å². The number of rotatable bonds is 8. The third-order valence-corrected chi connectivity index (χ3v) is 4.61.